The van der Waals surface area contributed by atoms with E-state index < -0.39 is 66.2 Å². The molecule has 2 aromatic rings. The van der Waals surface area contributed by atoms with E-state index in [-0.39, 0.29) is 35.0 Å². The van der Waals surface area contributed by atoms with Gasteiger partial charge in [0.1, 0.15) is 23.2 Å². The number of benzene rings is 1. The van der Waals surface area contributed by atoms with Gasteiger partial charge in [-0.2, -0.15) is 5.10 Å². The molecule has 4 N–H and O–H groups in total. The molecular formula is C39H57F3N6O5. The van der Waals surface area contributed by atoms with Gasteiger partial charge in [-0.15, -0.1) is 0 Å². The van der Waals surface area contributed by atoms with Gasteiger partial charge in [-0.25, -0.2) is 18.0 Å². The number of carbonyl (C=O) groups is 4. The first-order valence-electron chi connectivity index (χ1n) is 19.0. The number of carbonyl (C=O) groups excluding carboxylic acids is 4. The van der Waals surface area contributed by atoms with E-state index in [9.17, 15) is 28.0 Å². The van der Waals surface area contributed by atoms with Crippen LogP contribution in [0, 0.1) is 23.6 Å². The van der Waals surface area contributed by atoms with Crippen molar-refractivity contribution < 1.29 is 37.1 Å². The number of hydrogen-bond donors (Lipinski definition) is 4. The summed E-state index contributed by atoms with van der Waals surface area (Å²) in [5.41, 5.74) is -0.436. The minimum atomic E-state index is -3.47. The number of nitrogens with one attached hydrogen (secondary N) is 4. The summed E-state index contributed by atoms with van der Waals surface area (Å²) in [6, 6.07) is 4.50. The summed E-state index contributed by atoms with van der Waals surface area (Å²) in [7, 11) is 0. The number of hydrogen-bond acceptors (Lipinski definition) is 6. The molecule has 1 heterocycles. The molecule has 11 nitrogen and oxygen atoms in total. The van der Waals surface area contributed by atoms with Crippen molar-refractivity contribution >= 4 is 29.5 Å². The highest BCUT2D eigenvalue weighted by atomic mass is 19.3. The standard InChI is InChI=1S/C39H57F3N6O5/c1-24(2)48-31(19-20-45-48)35(50)47-33(32(26-13-9-7-10-14-26)27-15-11-8-12-16-27)36(51)46-30-18-17-28(21-29(30)40)25(3)34(49)43-22-39(41,42)23-44-37(52)53-38(4,5)6/h17-21,24-27,32-33H,7-16,22-23H2,1-6H3,(H,43,49)(H,44,52)(H,46,51)(H,47,50)/t25-,33-/m0/s1. The zero-order valence-electron chi connectivity index (χ0n) is 31.9. The first-order valence-corrected chi connectivity index (χ1v) is 19.0. The predicted octanol–water partition coefficient (Wildman–Crippen LogP) is 7.50. The van der Waals surface area contributed by atoms with Gasteiger partial charge in [-0.05, 0) is 83.1 Å². The second kappa shape index (κ2) is 18.3. The Bertz CT molecular complexity index is 1540. The number of anilines is 1. The Morgan fingerprint density at radius 1 is 0.868 bits per heavy atom. The lowest BCUT2D eigenvalue weighted by molar-refractivity contribution is -0.124. The minimum absolute atomic E-state index is 0.0831. The number of amides is 4. The van der Waals surface area contributed by atoms with Crippen LogP contribution in [0.15, 0.2) is 30.5 Å². The van der Waals surface area contributed by atoms with Gasteiger partial charge < -0.3 is 26.0 Å². The van der Waals surface area contributed by atoms with E-state index in [1.54, 1.807) is 37.7 Å². The van der Waals surface area contributed by atoms with Gasteiger partial charge in [-0.3, -0.25) is 19.1 Å². The second-order valence-electron chi connectivity index (χ2n) is 16.0. The molecule has 2 fully saturated rings. The van der Waals surface area contributed by atoms with Gasteiger partial charge in [0.25, 0.3) is 11.8 Å². The Balaban J connectivity index is 1.49. The average Bonchev–Trinajstić information content (AvgIpc) is 3.61. The maximum Gasteiger partial charge on any atom is 0.407 e. The molecule has 0 aliphatic heterocycles. The second-order valence-corrected chi connectivity index (χ2v) is 16.0. The molecule has 4 amide bonds. The van der Waals surface area contributed by atoms with Crippen LogP contribution in [0.2, 0.25) is 0 Å². The maximum absolute atomic E-state index is 15.7. The fraction of sp³-hybridized carbons (Fsp3) is 0.667. The molecule has 1 aromatic carbocycles. The first kappa shape index (κ1) is 41.7. The van der Waals surface area contributed by atoms with Gasteiger partial charge in [0.15, 0.2) is 0 Å². The van der Waals surface area contributed by atoms with E-state index in [0.717, 1.165) is 70.3 Å². The van der Waals surface area contributed by atoms with Crippen molar-refractivity contribution in [2.45, 2.75) is 135 Å². The highest BCUT2D eigenvalue weighted by Gasteiger charge is 2.42. The Labute approximate surface area is 310 Å². The monoisotopic (exact) mass is 746 g/mol. The minimum Gasteiger partial charge on any atom is -0.444 e. The van der Waals surface area contributed by atoms with Crippen molar-refractivity contribution in [1.29, 1.82) is 0 Å². The highest BCUT2D eigenvalue weighted by Crippen LogP contribution is 2.42. The summed E-state index contributed by atoms with van der Waals surface area (Å²) in [6.07, 6.45) is 10.9. The molecule has 0 saturated heterocycles. The summed E-state index contributed by atoms with van der Waals surface area (Å²) in [5.74, 6) is -6.69. The Morgan fingerprint density at radius 3 is 2.00 bits per heavy atom. The summed E-state index contributed by atoms with van der Waals surface area (Å²) < 4.78 is 51.1. The number of alkyl halides is 2. The van der Waals surface area contributed by atoms with Crippen LogP contribution in [0.25, 0.3) is 0 Å². The first-order chi connectivity index (χ1) is 25.0. The number of nitrogens with zero attached hydrogens (tertiary/aromatic N) is 2. The topological polar surface area (TPSA) is 143 Å². The molecule has 2 atom stereocenters. The molecule has 294 valence electrons. The number of halogens is 3. The molecule has 53 heavy (non-hydrogen) atoms. The molecule has 4 rings (SSSR count). The van der Waals surface area contributed by atoms with E-state index in [4.69, 9.17) is 4.74 Å². The summed E-state index contributed by atoms with van der Waals surface area (Å²) >= 11 is 0. The van der Waals surface area contributed by atoms with Gasteiger partial charge in [0.05, 0.1) is 24.7 Å². The Hall–Kier alpha value is -4.10. The molecule has 2 aliphatic carbocycles. The van der Waals surface area contributed by atoms with Gasteiger partial charge in [-0.1, -0.05) is 70.3 Å². The third-order valence-corrected chi connectivity index (χ3v) is 10.3. The van der Waals surface area contributed by atoms with Crippen LogP contribution >= 0.6 is 0 Å². The molecule has 1 aromatic heterocycles. The van der Waals surface area contributed by atoms with E-state index in [0.29, 0.717) is 5.69 Å². The maximum atomic E-state index is 15.7. The molecule has 0 bridgehead atoms. The van der Waals surface area contributed by atoms with Crippen LogP contribution in [0.4, 0.5) is 23.7 Å². The highest BCUT2D eigenvalue weighted by molar-refractivity contribution is 6.01. The van der Waals surface area contributed by atoms with Crippen molar-refractivity contribution in [3.63, 3.8) is 0 Å². The third kappa shape index (κ3) is 11.9. The molecule has 2 aliphatic rings. The van der Waals surface area contributed by atoms with Gasteiger partial charge >= 0.3 is 6.09 Å². The SMILES string of the molecule is CC(C)n1nccc1C(=O)N[C@H](C(=O)Nc1ccc([C@H](C)C(=O)NCC(F)(F)CNC(=O)OC(C)(C)C)cc1F)C(C1CCCCC1)C1CCCCC1. The average molecular weight is 747 g/mol. The summed E-state index contributed by atoms with van der Waals surface area (Å²) in [4.78, 5) is 52.7. The van der Waals surface area contributed by atoms with Crippen molar-refractivity contribution in [3.05, 3.63) is 47.5 Å². The quantitative estimate of drug-likeness (QED) is 0.158. The van der Waals surface area contributed by atoms with Crippen molar-refractivity contribution in [2.75, 3.05) is 18.4 Å². The summed E-state index contributed by atoms with van der Waals surface area (Å²) in [6.45, 7) is 7.98. The Morgan fingerprint density at radius 2 is 1.45 bits per heavy atom. The van der Waals surface area contributed by atoms with Crippen molar-refractivity contribution in [2.24, 2.45) is 17.8 Å². The molecule has 2 saturated carbocycles. The molecule has 14 heteroatoms. The molecule has 0 spiro atoms. The van der Waals surface area contributed by atoms with Gasteiger partial charge in [0, 0.05) is 12.2 Å². The van der Waals surface area contributed by atoms with E-state index in [1.165, 1.54) is 19.1 Å². The number of ether oxygens (including phenoxy) is 1. The Kier molecular flexibility index (Phi) is 14.4. The van der Waals surface area contributed by atoms with Crippen LogP contribution in [0.5, 0.6) is 0 Å². The lowest BCUT2D eigenvalue weighted by Gasteiger charge is -2.42. The van der Waals surface area contributed by atoms with Crippen LogP contribution < -0.4 is 21.3 Å². The zero-order valence-corrected chi connectivity index (χ0v) is 31.9. The number of alkyl carbamates (subject to hydrolysis) is 1. The van der Waals surface area contributed by atoms with Crippen LogP contribution in [0.3, 0.4) is 0 Å². The van der Waals surface area contributed by atoms with Gasteiger partial charge in [0.2, 0.25) is 11.8 Å². The van der Waals surface area contributed by atoms with E-state index >= 15 is 4.39 Å². The van der Waals surface area contributed by atoms with Crippen LogP contribution in [0.1, 0.15) is 134 Å². The van der Waals surface area contributed by atoms with Crippen molar-refractivity contribution in [1.82, 2.24) is 25.7 Å². The largest absolute Gasteiger partial charge is 0.444 e. The van der Waals surface area contributed by atoms with Crippen LogP contribution in [-0.4, -0.2) is 64.3 Å². The van der Waals surface area contributed by atoms with E-state index in [2.05, 4.69) is 21.0 Å². The van der Waals surface area contributed by atoms with E-state index in [1.807, 2.05) is 19.2 Å². The van der Waals surface area contributed by atoms with Crippen molar-refractivity contribution in [3.8, 4) is 0 Å². The molecule has 0 unspecified atom stereocenters. The fourth-order valence-electron chi connectivity index (χ4n) is 7.64. The van der Waals surface area contributed by atoms with Crippen LogP contribution in [-0.2, 0) is 14.3 Å². The normalized spacial score (nSPS) is 17.3. The lowest BCUT2D eigenvalue weighted by Crippen LogP contribution is -2.53. The molecular weight excluding hydrogens is 689 g/mol. The third-order valence-electron chi connectivity index (χ3n) is 10.3. The lowest BCUT2D eigenvalue weighted by atomic mass is 9.66. The molecule has 0 radical (unpaired) electrons. The smallest absolute Gasteiger partial charge is 0.407 e. The number of rotatable bonds is 14. The predicted molar refractivity (Wildman–Crippen MR) is 196 cm³/mol. The zero-order chi connectivity index (χ0) is 38.9. The summed E-state index contributed by atoms with van der Waals surface area (Å²) in [5, 5.41) is 14.3. The fourth-order valence-corrected chi connectivity index (χ4v) is 7.64. The number of aromatic nitrogens is 2.